The van der Waals surface area contributed by atoms with Crippen molar-refractivity contribution >= 4 is 85.9 Å². The smallest absolute Gasteiger partial charge is 0.312 e. The number of hydrogen-bond acceptors (Lipinski definition) is 28. The van der Waals surface area contributed by atoms with E-state index in [1.807, 2.05) is 55.5 Å². The number of ether oxygens (including phenoxy) is 12. The molecule has 144 heavy (non-hydrogen) atoms. The number of ketones is 6. The molecule has 2 unspecified atom stereocenters. The van der Waals surface area contributed by atoms with E-state index in [0.717, 1.165) is 47.7 Å². The first-order valence-electron chi connectivity index (χ1n) is 50.9. The molecule has 1 aromatic heterocycles. The second-order valence-corrected chi connectivity index (χ2v) is 40.3. The molecule has 5 aliphatic carbocycles. The molecule has 11 rings (SSSR count). The molecule has 6 amide bonds. The summed E-state index contributed by atoms with van der Waals surface area (Å²) in [5.41, 5.74) is 3.44. The van der Waals surface area contributed by atoms with Crippen LogP contribution in [0.2, 0.25) is 0 Å². The first-order chi connectivity index (χ1) is 69.2. The van der Waals surface area contributed by atoms with Crippen LogP contribution < -0.4 is 36.6 Å². The number of rotatable bonds is 66. The lowest BCUT2D eigenvalue weighted by Crippen LogP contribution is -2.71. The molecule has 8 N–H and O–H groups in total. The number of halogens is 2. The minimum atomic E-state index is -4.10. The number of allylic oxidation sites excluding steroid dienone is 4. The minimum absolute atomic E-state index is 0.0185. The van der Waals surface area contributed by atoms with Gasteiger partial charge in [-0.2, -0.15) is 8.42 Å². The first kappa shape index (κ1) is 114. The third-order valence-corrected chi connectivity index (χ3v) is 29.1. The average Bonchev–Trinajstić information content (AvgIpc) is 1.48. The van der Waals surface area contributed by atoms with Crippen molar-refractivity contribution in [3.8, 4) is 17.6 Å². The van der Waals surface area contributed by atoms with E-state index in [1.54, 1.807) is 30.4 Å². The van der Waals surface area contributed by atoms with Crippen LogP contribution >= 0.6 is 0 Å². The standard InChI is InChI=1S/C105H145F2N9O27S/c1-6-19-96-142-93-66-83-84-65-86(106)85-64-80(119)38-41-102(85,4)104(84,107)91(122)67-103(83,5)105(93,143-96)92(123)69-140-82-35-32-77(33-36-82)111-99(126)75(24-16-43-110-101(108)128)63-89(121)97(71(2)3)112-100(127)74(62-81(120)40-47-134-51-55-138-58-57-136-53-49-132-45-17-25-78(117)34-37-95(125)115-68-76-23-11-10-20-72(76)30-31-73-21-12-13-27-87(73)115)22-14-15-42-109-94(124)70-141-90-29-9-7-8-28-88-98(90)113-114-116(88)44-48-135-52-56-139-60-59-137-54-50-133-46-39-79(118)26-18-61-144(129,130)131/h10-13,20-21,23,27,32-33,35-36,38,41,64,71,74-75,83-84,86,90-91,93,96-97,122H,6-9,14-19,22,24-26,28-29,34,37,39-40,42-63,65-70H2,1-5H3,(H,109,124)(H,111,126)(H,112,127)(H3,108,110,128)(H,129,130,131)/t74-,75+,83-,84-,86-,90?,91-,93+,96?,97-,102-,103-,104-,105+/m0/s1. The van der Waals surface area contributed by atoms with Gasteiger partial charge in [0, 0.05) is 116 Å². The van der Waals surface area contributed by atoms with Crippen LogP contribution in [0.1, 0.15) is 223 Å². The number of hydrogen-bond donors (Lipinski definition) is 7. The Morgan fingerprint density at radius 1 is 0.667 bits per heavy atom. The van der Waals surface area contributed by atoms with E-state index >= 15 is 13.6 Å². The quantitative estimate of drug-likeness (QED) is 0.0123. The maximum atomic E-state index is 18.2. The van der Waals surface area contributed by atoms with Gasteiger partial charge in [-0.1, -0.05) is 107 Å². The van der Waals surface area contributed by atoms with Crippen LogP contribution in [0.5, 0.6) is 5.75 Å². The summed E-state index contributed by atoms with van der Waals surface area (Å²) in [4.78, 5) is 151. The van der Waals surface area contributed by atoms with Gasteiger partial charge in [-0.25, -0.2) is 18.3 Å². The molecular weight excluding hydrogens is 1890 g/mol. The number of aliphatic hydroxyl groups is 1. The molecular formula is C105H145F2N9O27S. The van der Waals surface area contributed by atoms with Crippen molar-refractivity contribution in [1.29, 1.82) is 0 Å². The molecule has 39 heteroatoms. The van der Waals surface area contributed by atoms with Gasteiger partial charge in [0.25, 0.3) is 10.1 Å². The number of amides is 6. The number of anilines is 2. The molecule has 7 aliphatic rings. The highest BCUT2D eigenvalue weighted by molar-refractivity contribution is 7.85. The van der Waals surface area contributed by atoms with Crippen molar-refractivity contribution in [1.82, 2.24) is 30.9 Å². The number of carbonyl (C=O) groups is 11. The number of unbranched alkanes of at least 4 members (excludes halogenated alkanes) is 1. The maximum Gasteiger partial charge on any atom is 0.312 e. The Morgan fingerprint density at radius 2 is 1.28 bits per heavy atom. The van der Waals surface area contributed by atoms with Gasteiger partial charge in [0.1, 0.15) is 54.3 Å². The highest BCUT2D eigenvalue weighted by Crippen LogP contribution is 2.72. The molecule has 14 atom stereocenters. The van der Waals surface area contributed by atoms with Crippen LogP contribution in [0.4, 0.5) is 25.0 Å². The largest absolute Gasteiger partial charge is 0.486 e. The van der Waals surface area contributed by atoms with Gasteiger partial charge in [-0.3, -0.25) is 52.5 Å². The normalized spacial score (nSPS) is 23.1. The predicted molar refractivity (Wildman–Crippen MR) is 525 cm³/mol. The van der Waals surface area contributed by atoms with Gasteiger partial charge in [0.05, 0.1) is 148 Å². The van der Waals surface area contributed by atoms with Crippen LogP contribution in [0.25, 0.3) is 0 Å². The topological polar surface area (TPSA) is 481 Å². The number of nitrogens with two attached hydrogens (primary N) is 1. The SMILES string of the molecule is CCCC1O[C@@H]2C[C@H]3[C@@H]4C[C@H](F)C5=CC(=O)C=C[C@]5(C)[C@@]4(F)[C@@H](O)C[C@]3(C)[C@]2(C(=O)COc2ccc(NC(=O)[C@H](CCCNC(N)=O)CC(=O)[C@@H](NC(=O)[C@@H](CCCCNC(=O)COC3CCCCCc4c3nnn4CCOCCOCCOCCOCCC(=O)CCCS(=O)(=O)O)CC(=O)CCOCCOCCOCCOCCCC(=O)CCC(=O)N3Cc4ccccc4C#Cc4ccccc43)C(C)C)cc2)O1. The van der Waals surface area contributed by atoms with Crippen LogP contribution in [-0.4, -0.2) is 277 Å². The highest BCUT2D eigenvalue weighted by atomic mass is 32.2. The fraction of sp³-hybridized carbons (Fsp3) is 0.648. The Balaban J connectivity index is 0.632. The minimum Gasteiger partial charge on any atom is -0.486 e. The Kier molecular flexibility index (Phi) is 45.2. The maximum absolute atomic E-state index is 18.2. The van der Waals surface area contributed by atoms with E-state index in [-0.39, 0.29) is 208 Å². The molecule has 1 saturated heterocycles. The highest BCUT2D eigenvalue weighted by Gasteiger charge is 2.80. The van der Waals surface area contributed by atoms with Gasteiger partial charge in [-0.05, 0) is 168 Å². The number of fused-ring (bicyclic) bond motifs is 10. The van der Waals surface area contributed by atoms with Gasteiger partial charge < -0.3 is 93.8 Å². The number of aliphatic hydroxyl groups excluding tert-OH is 1. The Bertz CT molecular complexity index is 5210. The molecule has 2 aliphatic heterocycles. The van der Waals surface area contributed by atoms with Crippen molar-refractivity contribution in [2.75, 3.05) is 148 Å². The van der Waals surface area contributed by atoms with Crippen molar-refractivity contribution < 1.29 is 136 Å². The van der Waals surface area contributed by atoms with Crippen LogP contribution in [-0.2, 0) is 130 Å². The van der Waals surface area contributed by atoms with Crippen molar-refractivity contribution in [3.05, 3.63) is 125 Å². The number of urea groups is 1. The van der Waals surface area contributed by atoms with Gasteiger partial charge >= 0.3 is 6.03 Å². The molecule has 0 radical (unpaired) electrons. The zero-order chi connectivity index (χ0) is 103. The van der Waals surface area contributed by atoms with E-state index in [4.69, 9.17) is 67.1 Å². The summed E-state index contributed by atoms with van der Waals surface area (Å²) in [6.07, 6.45) is 4.57. The zero-order valence-electron chi connectivity index (χ0n) is 83.6. The fourth-order valence-corrected chi connectivity index (χ4v) is 21.2. The lowest BCUT2D eigenvalue weighted by atomic mass is 9.44. The van der Waals surface area contributed by atoms with E-state index < -0.39 is 146 Å². The van der Waals surface area contributed by atoms with Crippen LogP contribution in [0.3, 0.4) is 0 Å². The number of nitrogens with one attached hydrogen (secondary N) is 4. The van der Waals surface area contributed by atoms with Crippen LogP contribution in [0, 0.1) is 52.3 Å². The number of primary amides is 1. The third-order valence-electron chi connectivity index (χ3n) is 28.2. The summed E-state index contributed by atoms with van der Waals surface area (Å²) >= 11 is 0. The zero-order valence-corrected chi connectivity index (χ0v) is 84.4. The summed E-state index contributed by atoms with van der Waals surface area (Å²) in [5, 5.41) is 32.3. The number of aromatic nitrogens is 3. The average molecular weight is 2040 g/mol. The molecule has 0 bridgehead atoms. The molecule has 3 heterocycles. The number of Topliss-reactive ketones (excluding diaryl/α,β-unsaturated/α-hetero) is 5. The van der Waals surface area contributed by atoms with Crippen molar-refractivity contribution in [3.63, 3.8) is 0 Å². The second-order valence-electron chi connectivity index (χ2n) is 38.8. The van der Waals surface area contributed by atoms with E-state index in [0.29, 0.717) is 129 Å². The molecule has 36 nitrogen and oxygen atoms in total. The third kappa shape index (κ3) is 32.3. The summed E-state index contributed by atoms with van der Waals surface area (Å²) in [5.74, 6) is -1.72. The van der Waals surface area contributed by atoms with Gasteiger partial charge in [0.2, 0.25) is 29.4 Å². The number of benzene rings is 3. The number of carbonyl (C=O) groups excluding carboxylic acids is 11. The lowest BCUT2D eigenvalue weighted by molar-refractivity contribution is -0.234. The molecule has 4 fully saturated rings. The Hall–Kier alpha value is -9.90. The van der Waals surface area contributed by atoms with E-state index in [9.17, 15) is 61.5 Å². The summed E-state index contributed by atoms with van der Waals surface area (Å²) in [6.45, 7) is 13.1. The van der Waals surface area contributed by atoms with E-state index in [2.05, 4.69) is 43.4 Å². The first-order valence-corrected chi connectivity index (χ1v) is 52.5. The monoisotopic (exact) mass is 2030 g/mol. The summed E-state index contributed by atoms with van der Waals surface area (Å²) < 4.78 is 138. The van der Waals surface area contributed by atoms with Gasteiger partial charge in [0.15, 0.2) is 29.1 Å². The summed E-state index contributed by atoms with van der Waals surface area (Å²) in [7, 11) is -4.10. The molecule has 0 spiro atoms. The molecule has 3 saturated carbocycles. The lowest BCUT2D eigenvalue weighted by Gasteiger charge is -2.63. The molecule has 4 aromatic rings. The van der Waals surface area contributed by atoms with Gasteiger partial charge in [-0.15, -0.1) is 5.10 Å². The number of alkyl halides is 2. The predicted octanol–water partition coefficient (Wildman–Crippen LogP) is 10.5. The van der Waals surface area contributed by atoms with E-state index in [1.165, 1.54) is 43.3 Å². The van der Waals surface area contributed by atoms with Crippen LogP contribution in [0.15, 0.2) is 96.6 Å². The molecule has 792 valence electrons. The Morgan fingerprint density at radius 3 is 1.97 bits per heavy atom. The Labute approximate surface area is 841 Å². The number of para-hydroxylation sites is 1. The van der Waals surface area contributed by atoms with Crippen molar-refractivity contribution in [2.24, 2.45) is 46.2 Å². The second kappa shape index (κ2) is 56.9. The van der Waals surface area contributed by atoms with Crippen molar-refractivity contribution in [2.45, 2.75) is 256 Å². The number of nitrogens with zero attached hydrogens (tertiary/aromatic N) is 4. The molecule has 3 aromatic carbocycles. The summed E-state index contributed by atoms with van der Waals surface area (Å²) in [6, 6.07) is 19.4. The fourth-order valence-electron chi connectivity index (χ4n) is 20.7.